The number of carbonyl (C=O) groups is 1. The van der Waals surface area contributed by atoms with Crippen molar-refractivity contribution < 1.29 is 32.9 Å². The predicted octanol–water partition coefficient (Wildman–Crippen LogP) is 12.5. The van der Waals surface area contributed by atoms with Gasteiger partial charge in [-0.05, 0) is 38.5 Å². The highest BCUT2D eigenvalue weighted by Gasteiger charge is 2.28. The Balaban J connectivity index is 4.23. The van der Waals surface area contributed by atoms with Crippen LogP contribution in [-0.4, -0.2) is 73.4 Å². The molecule has 0 rings (SSSR count). The zero-order valence-electron chi connectivity index (χ0n) is 36.2. The molecule has 0 aliphatic carbocycles. The number of nitrogens with zero attached hydrogens (tertiary/aromatic N) is 1. The van der Waals surface area contributed by atoms with E-state index in [2.05, 4.69) is 43.5 Å². The van der Waals surface area contributed by atoms with E-state index < -0.39 is 20.0 Å². The molecule has 0 aromatic rings. The average Bonchev–Trinajstić information content (AvgIpc) is 3.12. The van der Waals surface area contributed by atoms with Gasteiger partial charge in [-0.25, -0.2) is 4.57 Å². The molecule has 320 valence electrons. The van der Waals surface area contributed by atoms with Crippen LogP contribution in [0.25, 0.3) is 0 Å². The van der Waals surface area contributed by atoms with Gasteiger partial charge in [-0.1, -0.05) is 186 Å². The molecule has 0 aliphatic rings. The number of aliphatic hydroxyl groups excluding tert-OH is 1. The molecule has 0 saturated heterocycles. The molecule has 3 N–H and O–H groups in total. The minimum absolute atomic E-state index is 0.0757. The summed E-state index contributed by atoms with van der Waals surface area (Å²) >= 11 is 0. The zero-order chi connectivity index (χ0) is 40.0. The van der Waals surface area contributed by atoms with Crippen LogP contribution in [-0.2, 0) is 18.4 Å². The maximum atomic E-state index is 12.9. The molecular weight excluding hydrogens is 695 g/mol. The molecule has 0 fully saturated rings. The first kappa shape index (κ1) is 53.0. The Hall–Kier alpha value is -1.02. The van der Waals surface area contributed by atoms with Crippen molar-refractivity contribution in [2.75, 3.05) is 40.9 Å². The number of unbranched alkanes of at least 4 members (excludes halogenated alkanes) is 24. The van der Waals surface area contributed by atoms with Gasteiger partial charge in [0.15, 0.2) is 0 Å². The Morgan fingerprint density at radius 2 is 1.11 bits per heavy atom. The fourth-order valence-electron chi connectivity index (χ4n) is 6.61. The highest BCUT2D eigenvalue weighted by atomic mass is 31.2. The first-order chi connectivity index (χ1) is 26.0. The van der Waals surface area contributed by atoms with Gasteiger partial charge in [0.1, 0.15) is 13.2 Å². The number of phosphoric acid groups is 1. The van der Waals surface area contributed by atoms with Crippen molar-refractivity contribution in [3.8, 4) is 0 Å². The van der Waals surface area contributed by atoms with E-state index in [4.69, 9.17) is 9.05 Å². The van der Waals surface area contributed by atoms with Crippen molar-refractivity contribution >= 4 is 13.7 Å². The number of carbonyl (C=O) groups excluding carboxylic acids is 1. The van der Waals surface area contributed by atoms with E-state index >= 15 is 0 Å². The van der Waals surface area contributed by atoms with Crippen molar-refractivity contribution in [3.05, 3.63) is 24.3 Å². The number of quaternary nitrogens is 1. The summed E-state index contributed by atoms with van der Waals surface area (Å²) in [7, 11) is 1.62. The van der Waals surface area contributed by atoms with Gasteiger partial charge in [-0.2, -0.15) is 0 Å². The lowest BCUT2D eigenvalue weighted by atomic mass is 10.0. The highest BCUT2D eigenvalue weighted by molar-refractivity contribution is 7.47. The van der Waals surface area contributed by atoms with E-state index in [0.29, 0.717) is 23.9 Å². The van der Waals surface area contributed by atoms with Crippen LogP contribution in [0.15, 0.2) is 24.3 Å². The summed E-state index contributed by atoms with van der Waals surface area (Å²) in [6.07, 6.45) is 43.5. The van der Waals surface area contributed by atoms with Crippen LogP contribution >= 0.6 is 7.82 Å². The molecule has 0 radical (unpaired) electrons. The number of likely N-dealkylation sites (N-methyl/N-ethyl adjacent to an activating group) is 1. The first-order valence-electron chi connectivity index (χ1n) is 22.7. The molecule has 9 heteroatoms. The second-order valence-electron chi connectivity index (χ2n) is 16.8. The van der Waals surface area contributed by atoms with Gasteiger partial charge in [0.05, 0.1) is 39.9 Å². The van der Waals surface area contributed by atoms with E-state index in [1.165, 1.54) is 128 Å². The van der Waals surface area contributed by atoms with Crippen LogP contribution in [0, 0.1) is 0 Å². The normalized spacial score (nSPS) is 14.6. The lowest BCUT2D eigenvalue weighted by Gasteiger charge is -2.26. The van der Waals surface area contributed by atoms with Crippen LogP contribution in [0.1, 0.15) is 206 Å². The summed E-state index contributed by atoms with van der Waals surface area (Å²) in [5.41, 5.74) is 0. The molecule has 0 heterocycles. The molecule has 0 spiro atoms. The Morgan fingerprint density at radius 3 is 1.61 bits per heavy atom. The first-order valence-corrected chi connectivity index (χ1v) is 24.2. The minimum atomic E-state index is -4.31. The molecule has 0 aliphatic heterocycles. The Morgan fingerprint density at radius 1 is 0.648 bits per heavy atom. The summed E-state index contributed by atoms with van der Waals surface area (Å²) in [6, 6.07) is -0.756. The topological polar surface area (TPSA) is 105 Å². The maximum absolute atomic E-state index is 12.9. The quantitative estimate of drug-likeness (QED) is 0.0247. The molecule has 1 amide bonds. The number of aliphatic hydroxyl groups is 1. The predicted molar refractivity (Wildman–Crippen MR) is 231 cm³/mol. The third-order valence-corrected chi connectivity index (χ3v) is 11.2. The van der Waals surface area contributed by atoms with Crippen LogP contribution in [0.2, 0.25) is 0 Å². The van der Waals surface area contributed by atoms with Gasteiger partial charge >= 0.3 is 7.82 Å². The number of allylic oxidation sites excluding steroid dienone is 4. The molecule has 0 aromatic carbocycles. The molecule has 8 nitrogen and oxygen atoms in total. The number of phosphoric ester groups is 1. The number of hydrogen-bond donors (Lipinski definition) is 3. The summed E-state index contributed by atoms with van der Waals surface area (Å²) in [5, 5.41) is 13.9. The van der Waals surface area contributed by atoms with Gasteiger partial charge in [0.25, 0.3) is 0 Å². The monoisotopic (exact) mass is 786 g/mol. The Kier molecular flexibility index (Phi) is 36.8. The van der Waals surface area contributed by atoms with Crippen molar-refractivity contribution in [2.24, 2.45) is 0 Å². The van der Waals surface area contributed by atoms with Gasteiger partial charge in [-0.3, -0.25) is 13.8 Å². The molecule has 3 unspecified atom stereocenters. The highest BCUT2D eigenvalue weighted by Crippen LogP contribution is 2.43. The van der Waals surface area contributed by atoms with Crippen molar-refractivity contribution in [3.63, 3.8) is 0 Å². The zero-order valence-corrected chi connectivity index (χ0v) is 37.1. The third kappa shape index (κ3) is 39.2. The standard InChI is InChI=1S/C45H89N2O6P/c1-6-8-10-12-14-16-18-19-20-21-22-23-24-25-26-27-29-31-33-35-37-39-45(49)46-43(42-53-54(50,51)52-41-40-47(3,4)5)44(48)38-36-34-32-30-28-17-15-13-11-9-7-2/h8,10,14,16,43-44,48H,6-7,9,11-13,15,17-42H2,1-5H3,(H-,46,49,50,51)/p+1/b10-8-,16-14-. The molecule has 0 saturated carbocycles. The van der Waals surface area contributed by atoms with Crippen molar-refractivity contribution in [1.29, 1.82) is 0 Å². The Labute approximate surface area is 334 Å². The average molecular weight is 786 g/mol. The molecule has 0 aromatic heterocycles. The van der Waals surface area contributed by atoms with Gasteiger partial charge in [0.2, 0.25) is 5.91 Å². The SMILES string of the molecule is CC/C=C\C/C=C\CCCCCCCCCCCCCCCCC(=O)NC(COP(=O)(O)OCC[N+](C)(C)C)C(O)CCCCCCCCCCCCC. The van der Waals surface area contributed by atoms with Crippen LogP contribution in [0.3, 0.4) is 0 Å². The molecule has 3 atom stereocenters. The third-order valence-electron chi connectivity index (χ3n) is 10.2. The molecule has 0 bridgehead atoms. The number of amides is 1. The molecule has 54 heavy (non-hydrogen) atoms. The van der Waals surface area contributed by atoms with Crippen LogP contribution in [0.4, 0.5) is 0 Å². The van der Waals surface area contributed by atoms with Gasteiger partial charge in [-0.15, -0.1) is 0 Å². The summed E-state index contributed by atoms with van der Waals surface area (Å²) in [5.74, 6) is -0.146. The number of hydrogen-bond acceptors (Lipinski definition) is 5. The smallest absolute Gasteiger partial charge is 0.391 e. The largest absolute Gasteiger partial charge is 0.472 e. The number of nitrogens with one attached hydrogen (secondary N) is 1. The Bertz CT molecular complexity index is 938. The fourth-order valence-corrected chi connectivity index (χ4v) is 7.35. The van der Waals surface area contributed by atoms with E-state index in [9.17, 15) is 19.4 Å². The fraction of sp³-hybridized carbons (Fsp3) is 0.889. The second-order valence-corrected chi connectivity index (χ2v) is 18.2. The second kappa shape index (κ2) is 37.6. The maximum Gasteiger partial charge on any atom is 0.472 e. The van der Waals surface area contributed by atoms with Crippen molar-refractivity contribution in [2.45, 2.75) is 219 Å². The summed E-state index contributed by atoms with van der Waals surface area (Å²) in [6.45, 7) is 4.78. The lowest BCUT2D eigenvalue weighted by molar-refractivity contribution is -0.870. The van der Waals surface area contributed by atoms with Crippen molar-refractivity contribution in [1.82, 2.24) is 5.32 Å². The van der Waals surface area contributed by atoms with E-state index in [0.717, 1.165) is 51.4 Å². The minimum Gasteiger partial charge on any atom is -0.391 e. The summed E-state index contributed by atoms with van der Waals surface area (Å²) < 4.78 is 23.6. The van der Waals surface area contributed by atoms with E-state index in [-0.39, 0.29) is 19.1 Å². The summed E-state index contributed by atoms with van der Waals surface area (Å²) in [4.78, 5) is 23.1. The van der Waals surface area contributed by atoms with Gasteiger partial charge < -0.3 is 19.8 Å². The molecular formula is C45H90N2O6P+. The lowest BCUT2D eigenvalue weighted by Crippen LogP contribution is -2.46. The van der Waals surface area contributed by atoms with Crippen LogP contribution in [0.5, 0.6) is 0 Å². The van der Waals surface area contributed by atoms with E-state index in [1.807, 2.05) is 21.1 Å². The van der Waals surface area contributed by atoms with Crippen LogP contribution < -0.4 is 5.32 Å². The number of rotatable bonds is 41. The van der Waals surface area contributed by atoms with Gasteiger partial charge in [0, 0.05) is 6.42 Å². The van der Waals surface area contributed by atoms with E-state index in [1.54, 1.807) is 0 Å².